The molecule has 0 saturated carbocycles. The molecule has 1 unspecified atom stereocenters. The maximum absolute atomic E-state index is 5.93. The molecule has 2 N–H and O–H groups in total. The van der Waals surface area contributed by atoms with Crippen LogP contribution in [0.2, 0.25) is 0 Å². The molecule has 1 saturated heterocycles. The molecule has 1 fully saturated rings. The molecule has 1 aliphatic heterocycles. The van der Waals surface area contributed by atoms with E-state index in [2.05, 4.69) is 42.2 Å². The molecule has 0 bridgehead atoms. The zero-order valence-corrected chi connectivity index (χ0v) is 9.39. The van der Waals surface area contributed by atoms with Crippen molar-refractivity contribution in [2.45, 2.75) is 25.3 Å². The first kappa shape index (κ1) is 10.7. The zero-order chi connectivity index (χ0) is 10.7. The summed E-state index contributed by atoms with van der Waals surface area (Å²) in [4.78, 5) is 2.45. The van der Waals surface area contributed by atoms with Gasteiger partial charge in [-0.25, -0.2) is 0 Å². The molecule has 0 spiro atoms. The SMILES string of the molecule is CCC(N)CN1CC(c2ccccc2)C1. The monoisotopic (exact) mass is 204 g/mol. The van der Waals surface area contributed by atoms with E-state index < -0.39 is 0 Å². The molecule has 1 aliphatic rings. The van der Waals surface area contributed by atoms with Crippen molar-refractivity contribution in [2.24, 2.45) is 5.73 Å². The quantitative estimate of drug-likeness (QED) is 0.810. The molecule has 0 amide bonds. The maximum atomic E-state index is 5.93. The largest absolute Gasteiger partial charge is 0.327 e. The van der Waals surface area contributed by atoms with Crippen LogP contribution in [0.1, 0.15) is 24.8 Å². The first-order chi connectivity index (χ1) is 7.29. The van der Waals surface area contributed by atoms with E-state index in [0.29, 0.717) is 6.04 Å². The molecule has 0 aromatic heterocycles. The third kappa shape index (κ3) is 2.58. The smallest absolute Gasteiger partial charge is 0.0165 e. The topological polar surface area (TPSA) is 29.3 Å². The van der Waals surface area contributed by atoms with Crippen molar-refractivity contribution in [1.29, 1.82) is 0 Å². The molecule has 1 aromatic rings. The van der Waals surface area contributed by atoms with Gasteiger partial charge in [0.05, 0.1) is 0 Å². The highest BCUT2D eigenvalue weighted by Gasteiger charge is 2.28. The van der Waals surface area contributed by atoms with Crippen LogP contribution in [0.15, 0.2) is 30.3 Å². The normalized spacial score (nSPS) is 19.9. The van der Waals surface area contributed by atoms with E-state index in [1.165, 1.54) is 18.7 Å². The van der Waals surface area contributed by atoms with Crippen LogP contribution in [-0.2, 0) is 0 Å². The first-order valence-corrected chi connectivity index (χ1v) is 5.82. The summed E-state index contributed by atoms with van der Waals surface area (Å²) in [5.74, 6) is 0.732. The Bertz CT molecular complexity index is 291. The Kier molecular flexibility index (Phi) is 3.39. The van der Waals surface area contributed by atoms with E-state index >= 15 is 0 Å². The van der Waals surface area contributed by atoms with Gasteiger partial charge in [-0.15, -0.1) is 0 Å². The van der Waals surface area contributed by atoms with Crippen LogP contribution < -0.4 is 5.73 Å². The summed E-state index contributed by atoms with van der Waals surface area (Å²) >= 11 is 0. The van der Waals surface area contributed by atoms with Crippen LogP contribution in [0.5, 0.6) is 0 Å². The molecule has 1 heterocycles. The van der Waals surface area contributed by atoms with Gasteiger partial charge in [0, 0.05) is 31.6 Å². The van der Waals surface area contributed by atoms with E-state index in [1.807, 2.05) is 0 Å². The Hall–Kier alpha value is -0.860. The van der Waals surface area contributed by atoms with Crippen molar-refractivity contribution < 1.29 is 0 Å². The van der Waals surface area contributed by atoms with E-state index in [0.717, 1.165) is 18.9 Å². The van der Waals surface area contributed by atoms with Crippen molar-refractivity contribution in [1.82, 2.24) is 4.90 Å². The summed E-state index contributed by atoms with van der Waals surface area (Å²) in [5, 5.41) is 0. The number of likely N-dealkylation sites (tertiary alicyclic amines) is 1. The fourth-order valence-corrected chi connectivity index (χ4v) is 2.12. The highest BCUT2D eigenvalue weighted by molar-refractivity contribution is 5.22. The van der Waals surface area contributed by atoms with Crippen LogP contribution in [-0.4, -0.2) is 30.6 Å². The summed E-state index contributed by atoms with van der Waals surface area (Å²) in [6.45, 7) is 5.56. The van der Waals surface area contributed by atoms with Crippen LogP contribution in [0.3, 0.4) is 0 Å². The Balaban J connectivity index is 1.79. The van der Waals surface area contributed by atoms with Gasteiger partial charge in [0.1, 0.15) is 0 Å². The Morgan fingerprint density at radius 1 is 1.33 bits per heavy atom. The number of hydrogen-bond donors (Lipinski definition) is 1. The molecule has 2 heteroatoms. The number of hydrogen-bond acceptors (Lipinski definition) is 2. The van der Waals surface area contributed by atoms with Gasteiger partial charge < -0.3 is 10.6 Å². The standard InChI is InChI=1S/C13H20N2/c1-2-13(14)10-15-8-12(9-15)11-6-4-3-5-7-11/h3-7,12-13H,2,8-10,14H2,1H3. The van der Waals surface area contributed by atoms with Crippen LogP contribution in [0.4, 0.5) is 0 Å². The number of nitrogens with two attached hydrogens (primary N) is 1. The fraction of sp³-hybridized carbons (Fsp3) is 0.538. The molecule has 15 heavy (non-hydrogen) atoms. The lowest BCUT2D eigenvalue weighted by Gasteiger charge is -2.40. The molecule has 1 aromatic carbocycles. The minimum absolute atomic E-state index is 0.349. The second-order valence-corrected chi connectivity index (χ2v) is 4.49. The zero-order valence-electron chi connectivity index (χ0n) is 9.39. The van der Waals surface area contributed by atoms with Gasteiger partial charge >= 0.3 is 0 Å². The van der Waals surface area contributed by atoms with Gasteiger partial charge in [-0.3, -0.25) is 0 Å². The predicted octanol–water partition coefficient (Wildman–Crippen LogP) is 1.82. The number of rotatable bonds is 4. The summed E-state index contributed by atoms with van der Waals surface area (Å²) < 4.78 is 0. The van der Waals surface area contributed by atoms with Gasteiger partial charge in [0.2, 0.25) is 0 Å². The second kappa shape index (κ2) is 4.77. The Morgan fingerprint density at radius 3 is 2.60 bits per heavy atom. The molecule has 82 valence electrons. The van der Waals surface area contributed by atoms with Crippen molar-refractivity contribution >= 4 is 0 Å². The van der Waals surface area contributed by atoms with Gasteiger partial charge in [0.15, 0.2) is 0 Å². The van der Waals surface area contributed by atoms with Gasteiger partial charge in [-0.2, -0.15) is 0 Å². The number of nitrogens with zero attached hydrogens (tertiary/aromatic N) is 1. The molecular formula is C13H20N2. The van der Waals surface area contributed by atoms with Gasteiger partial charge in [-0.05, 0) is 12.0 Å². The average Bonchev–Trinajstić information content (AvgIpc) is 2.23. The summed E-state index contributed by atoms with van der Waals surface area (Å²) in [5.41, 5.74) is 7.40. The molecular weight excluding hydrogens is 184 g/mol. The highest BCUT2D eigenvalue weighted by atomic mass is 15.2. The van der Waals surface area contributed by atoms with Crippen LogP contribution in [0.25, 0.3) is 0 Å². The highest BCUT2D eigenvalue weighted by Crippen LogP contribution is 2.26. The Morgan fingerprint density at radius 2 is 2.00 bits per heavy atom. The fourth-order valence-electron chi connectivity index (χ4n) is 2.12. The minimum Gasteiger partial charge on any atom is -0.327 e. The van der Waals surface area contributed by atoms with Gasteiger partial charge in [-0.1, -0.05) is 37.3 Å². The lowest BCUT2D eigenvalue weighted by molar-refractivity contribution is 0.138. The van der Waals surface area contributed by atoms with E-state index in [4.69, 9.17) is 5.73 Å². The average molecular weight is 204 g/mol. The van der Waals surface area contributed by atoms with Crippen molar-refractivity contribution in [3.05, 3.63) is 35.9 Å². The first-order valence-electron chi connectivity index (χ1n) is 5.82. The minimum atomic E-state index is 0.349. The third-order valence-corrected chi connectivity index (χ3v) is 3.25. The predicted molar refractivity (Wildman–Crippen MR) is 63.9 cm³/mol. The molecule has 1 atom stereocenters. The molecule has 0 aliphatic carbocycles. The lowest BCUT2D eigenvalue weighted by atomic mass is 9.91. The van der Waals surface area contributed by atoms with E-state index in [-0.39, 0.29) is 0 Å². The van der Waals surface area contributed by atoms with Crippen molar-refractivity contribution in [3.63, 3.8) is 0 Å². The van der Waals surface area contributed by atoms with Crippen molar-refractivity contribution in [2.75, 3.05) is 19.6 Å². The van der Waals surface area contributed by atoms with E-state index in [1.54, 1.807) is 0 Å². The second-order valence-electron chi connectivity index (χ2n) is 4.49. The van der Waals surface area contributed by atoms with E-state index in [9.17, 15) is 0 Å². The molecule has 0 radical (unpaired) electrons. The molecule has 2 rings (SSSR count). The lowest BCUT2D eigenvalue weighted by Crippen LogP contribution is -2.49. The van der Waals surface area contributed by atoms with Gasteiger partial charge in [0.25, 0.3) is 0 Å². The maximum Gasteiger partial charge on any atom is 0.0165 e. The summed E-state index contributed by atoms with van der Waals surface area (Å²) in [6.07, 6.45) is 1.08. The van der Waals surface area contributed by atoms with Crippen molar-refractivity contribution in [3.8, 4) is 0 Å². The Labute approximate surface area is 92.1 Å². The third-order valence-electron chi connectivity index (χ3n) is 3.25. The summed E-state index contributed by atoms with van der Waals surface area (Å²) in [7, 11) is 0. The van der Waals surface area contributed by atoms with Crippen LogP contribution >= 0.6 is 0 Å². The van der Waals surface area contributed by atoms with Crippen LogP contribution in [0, 0.1) is 0 Å². The summed E-state index contributed by atoms with van der Waals surface area (Å²) in [6, 6.07) is 11.1. The molecule has 2 nitrogen and oxygen atoms in total. The number of benzene rings is 1.